The molecule has 0 spiro atoms. The first-order chi connectivity index (χ1) is 12.6. The summed E-state index contributed by atoms with van der Waals surface area (Å²) in [4.78, 5) is 15.3. The van der Waals surface area contributed by atoms with Crippen LogP contribution < -0.4 is 0 Å². The number of aromatic nitrogens is 1. The van der Waals surface area contributed by atoms with E-state index in [4.69, 9.17) is 16.6 Å². The van der Waals surface area contributed by atoms with Gasteiger partial charge in [-0.15, -0.1) is 0 Å². The first kappa shape index (κ1) is 16.2. The molecule has 0 fully saturated rings. The van der Waals surface area contributed by atoms with E-state index in [-0.39, 0.29) is 5.69 Å². The molecule has 5 heteroatoms. The monoisotopic (exact) mass is 360 g/mol. The third-order valence-corrected chi connectivity index (χ3v) is 4.50. The molecular formula is C21H13ClN2O2. The van der Waals surface area contributed by atoms with Crippen molar-refractivity contribution in [1.29, 1.82) is 0 Å². The molecule has 0 saturated carbocycles. The van der Waals surface area contributed by atoms with Crippen LogP contribution in [0.4, 0.5) is 5.69 Å². The summed E-state index contributed by atoms with van der Waals surface area (Å²) < 4.78 is 0. The van der Waals surface area contributed by atoms with Crippen LogP contribution in [0.2, 0.25) is 5.02 Å². The summed E-state index contributed by atoms with van der Waals surface area (Å²) in [5.74, 6) is 0. The minimum Gasteiger partial charge on any atom is -0.258 e. The van der Waals surface area contributed by atoms with Gasteiger partial charge in [0, 0.05) is 28.1 Å². The Bertz CT molecular complexity index is 1110. The molecule has 1 aromatic heterocycles. The Balaban J connectivity index is 1.92. The van der Waals surface area contributed by atoms with E-state index in [1.165, 1.54) is 12.1 Å². The van der Waals surface area contributed by atoms with Crippen molar-refractivity contribution >= 4 is 28.2 Å². The van der Waals surface area contributed by atoms with Crippen molar-refractivity contribution in [2.24, 2.45) is 0 Å². The van der Waals surface area contributed by atoms with E-state index in [2.05, 4.69) is 0 Å². The highest BCUT2D eigenvalue weighted by Crippen LogP contribution is 2.33. The molecule has 26 heavy (non-hydrogen) atoms. The van der Waals surface area contributed by atoms with Crippen molar-refractivity contribution in [3.8, 4) is 22.4 Å². The van der Waals surface area contributed by atoms with E-state index in [1.54, 1.807) is 12.1 Å². The van der Waals surface area contributed by atoms with E-state index < -0.39 is 4.92 Å². The zero-order valence-electron chi connectivity index (χ0n) is 13.6. The van der Waals surface area contributed by atoms with Gasteiger partial charge in [-0.2, -0.15) is 0 Å². The number of benzene rings is 3. The third-order valence-electron chi connectivity index (χ3n) is 4.25. The zero-order chi connectivity index (χ0) is 18.1. The average molecular weight is 361 g/mol. The van der Waals surface area contributed by atoms with Gasteiger partial charge in [-0.25, -0.2) is 4.98 Å². The van der Waals surface area contributed by atoms with E-state index in [9.17, 15) is 10.1 Å². The number of hydrogen-bond donors (Lipinski definition) is 0. The summed E-state index contributed by atoms with van der Waals surface area (Å²) in [6.07, 6.45) is 0. The van der Waals surface area contributed by atoms with Gasteiger partial charge in [-0.3, -0.25) is 10.1 Å². The third kappa shape index (κ3) is 3.03. The molecule has 0 aliphatic carbocycles. The van der Waals surface area contributed by atoms with Crippen molar-refractivity contribution in [3.63, 3.8) is 0 Å². The van der Waals surface area contributed by atoms with Crippen LogP contribution >= 0.6 is 11.6 Å². The number of rotatable bonds is 3. The van der Waals surface area contributed by atoms with Crippen LogP contribution in [-0.4, -0.2) is 9.91 Å². The fraction of sp³-hybridized carbons (Fsp3) is 0. The topological polar surface area (TPSA) is 56.0 Å². The van der Waals surface area contributed by atoms with Crippen LogP contribution in [0.1, 0.15) is 0 Å². The Morgan fingerprint density at radius 3 is 2.19 bits per heavy atom. The highest BCUT2D eigenvalue weighted by molar-refractivity contribution is 6.30. The number of non-ortho nitro benzene ring substituents is 1. The van der Waals surface area contributed by atoms with Gasteiger partial charge < -0.3 is 0 Å². The number of hydrogen-bond acceptors (Lipinski definition) is 3. The second kappa shape index (κ2) is 6.58. The molecule has 3 aromatic carbocycles. The lowest BCUT2D eigenvalue weighted by Crippen LogP contribution is -1.91. The van der Waals surface area contributed by atoms with Gasteiger partial charge in [0.2, 0.25) is 0 Å². The van der Waals surface area contributed by atoms with E-state index in [1.807, 2.05) is 54.6 Å². The normalized spacial score (nSPS) is 10.8. The first-order valence-electron chi connectivity index (χ1n) is 8.02. The second-order valence-electron chi connectivity index (χ2n) is 5.88. The molecule has 0 aliphatic heterocycles. The maximum Gasteiger partial charge on any atom is 0.269 e. The minimum atomic E-state index is -0.395. The molecule has 0 saturated heterocycles. The summed E-state index contributed by atoms with van der Waals surface area (Å²) in [5, 5.41) is 12.6. The smallest absolute Gasteiger partial charge is 0.258 e. The Labute approximate surface area is 154 Å². The molecular weight excluding hydrogens is 348 g/mol. The number of para-hydroxylation sites is 1. The Hall–Kier alpha value is -3.24. The number of nitro groups is 1. The number of pyridine rings is 1. The maximum absolute atomic E-state index is 10.9. The second-order valence-corrected chi connectivity index (χ2v) is 6.32. The van der Waals surface area contributed by atoms with Crippen LogP contribution in [0.15, 0.2) is 78.9 Å². The van der Waals surface area contributed by atoms with Gasteiger partial charge in [0.05, 0.1) is 16.1 Å². The molecule has 0 atom stereocenters. The number of halogens is 1. The van der Waals surface area contributed by atoms with E-state index >= 15 is 0 Å². The molecule has 1 heterocycles. The molecule has 4 aromatic rings. The first-order valence-corrected chi connectivity index (χ1v) is 8.40. The predicted molar refractivity (Wildman–Crippen MR) is 104 cm³/mol. The van der Waals surface area contributed by atoms with Crippen molar-refractivity contribution in [3.05, 3.63) is 94.0 Å². The Morgan fingerprint density at radius 1 is 0.846 bits per heavy atom. The average Bonchev–Trinajstić information content (AvgIpc) is 2.68. The number of nitro benzene ring substituents is 1. The Morgan fingerprint density at radius 2 is 1.50 bits per heavy atom. The van der Waals surface area contributed by atoms with Crippen LogP contribution in [0.5, 0.6) is 0 Å². The van der Waals surface area contributed by atoms with Gasteiger partial charge in [-0.05, 0) is 47.5 Å². The fourth-order valence-electron chi connectivity index (χ4n) is 2.95. The molecule has 126 valence electrons. The van der Waals surface area contributed by atoms with Gasteiger partial charge in [0.1, 0.15) is 0 Å². The highest BCUT2D eigenvalue weighted by Gasteiger charge is 2.11. The van der Waals surface area contributed by atoms with Crippen LogP contribution in [-0.2, 0) is 0 Å². The number of fused-ring (bicyclic) bond motifs is 1. The maximum atomic E-state index is 10.9. The lowest BCUT2D eigenvalue weighted by atomic mass is 9.98. The molecule has 4 nitrogen and oxygen atoms in total. The predicted octanol–water partition coefficient (Wildman–Crippen LogP) is 6.13. The lowest BCUT2D eigenvalue weighted by molar-refractivity contribution is -0.384. The van der Waals surface area contributed by atoms with E-state index in [0.717, 1.165) is 33.3 Å². The largest absolute Gasteiger partial charge is 0.269 e. The Kier molecular flexibility index (Phi) is 4.11. The summed E-state index contributed by atoms with van der Waals surface area (Å²) in [5.41, 5.74) is 4.62. The molecule has 0 N–H and O–H groups in total. The molecule has 0 amide bonds. The summed E-state index contributed by atoms with van der Waals surface area (Å²) >= 11 is 5.99. The molecule has 0 radical (unpaired) electrons. The summed E-state index contributed by atoms with van der Waals surface area (Å²) in [7, 11) is 0. The van der Waals surface area contributed by atoms with Crippen molar-refractivity contribution in [2.75, 3.05) is 0 Å². The standard InChI is InChI=1S/C21H13ClN2O2/c22-16-9-5-15(6-10-16)21-13-19(18-3-1-2-4-20(18)23-21)14-7-11-17(12-8-14)24(25)26/h1-13H. The van der Waals surface area contributed by atoms with Crippen molar-refractivity contribution in [1.82, 2.24) is 4.98 Å². The molecule has 4 rings (SSSR count). The molecule has 0 unspecified atom stereocenters. The van der Waals surface area contributed by atoms with E-state index in [0.29, 0.717) is 5.02 Å². The summed E-state index contributed by atoms with van der Waals surface area (Å²) in [6.45, 7) is 0. The molecule has 0 bridgehead atoms. The van der Waals surface area contributed by atoms with Crippen molar-refractivity contribution < 1.29 is 4.92 Å². The van der Waals surface area contributed by atoms with Crippen LogP contribution in [0.3, 0.4) is 0 Å². The lowest BCUT2D eigenvalue weighted by Gasteiger charge is -2.10. The van der Waals surface area contributed by atoms with Gasteiger partial charge in [0.25, 0.3) is 5.69 Å². The van der Waals surface area contributed by atoms with Gasteiger partial charge in [0.15, 0.2) is 0 Å². The van der Waals surface area contributed by atoms with Crippen LogP contribution in [0.25, 0.3) is 33.3 Å². The van der Waals surface area contributed by atoms with Crippen molar-refractivity contribution in [2.45, 2.75) is 0 Å². The fourth-order valence-corrected chi connectivity index (χ4v) is 3.07. The quantitative estimate of drug-likeness (QED) is 0.326. The minimum absolute atomic E-state index is 0.0741. The highest BCUT2D eigenvalue weighted by atomic mass is 35.5. The molecule has 0 aliphatic rings. The van der Waals surface area contributed by atoms with Gasteiger partial charge >= 0.3 is 0 Å². The number of nitrogens with zero attached hydrogens (tertiary/aromatic N) is 2. The van der Waals surface area contributed by atoms with Gasteiger partial charge in [-0.1, -0.05) is 41.9 Å². The SMILES string of the molecule is O=[N+]([O-])c1ccc(-c2cc(-c3ccc(Cl)cc3)nc3ccccc23)cc1. The van der Waals surface area contributed by atoms with Crippen LogP contribution in [0, 0.1) is 10.1 Å². The summed E-state index contributed by atoms with van der Waals surface area (Å²) in [6, 6.07) is 24.0. The zero-order valence-corrected chi connectivity index (χ0v) is 14.4.